The number of guanidine groups is 1. The van der Waals surface area contributed by atoms with Crippen LogP contribution >= 0.6 is 24.0 Å². The summed E-state index contributed by atoms with van der Waals surface area (Å²) in [7, 11) is 1.81. The molecule has 2 aromatic carbocycles. The lowest BCUT2D eigenvalue weighted by Crippen LogP contribution is -2.41. The smallest absolute Gasteiger partial charge is 0.191 e. The average Bonchev–Trinajstić information content (AvgIpc) is 2.70. The normalized spacial score (nSPS) is 19.9. The van der Waals surface area contributed by atoms with Gasteiger partial charge < -0.3 is 15.4 Å². The summed E-state index contributed by atoms with van der Waals surface area (Å²) in [5.41, 5.74) is 3.80. The highest BCUT2D eigenvalue weighted by molar-refractivity contribution is 14.0. The van der Waals surface area contributed by atoms with Crippen molar-refractivity contribution < 1.29 is 4.74 Å². The van der Waals surface area contributed by atoms with E-state index in [4.69, 9.17) is 4.74 Å². The van der Waals surface area contributed by atoms with Crippen LogP contribution in [0.1, 0.15) is 35.6 Å². The van der Waals surface area contributed by atoms with Crippen LogP contribution < -0.4 is 10.6 Å². The fourth-order valence-electron chi connectivity index (χ4n) is 3.41. The Balaban J connectivity index is 0.00000261. The number of nitrogens with zero attached hydrogens (tertiary/aromatic N) is 1. The number of nitrogens with one attached hydrogen (secondary N) is 2. The second-order valence-electron chi connectivity index (χ2n) is 6.90. The summed E-state index contributed by atoms with van der Waals surface area (Å²) in [6.45, 7) is 4.58. The van der Waals surface area contributed by atoms with Gasteiger partial charge in [-0.3, -0.25) is 4.99 Å². The van der Waals surface area contributed by atoms with Crippen molar-refractivity contribution >= 4 is 29.9 Å². The van der Waals surface area contributed by atoms with E-state index < -0.39 is 0 Å². The third-order valence-corrected chi connectivity index (χ3v) is 4.91. The van der Waals surface area contributed by atoms with Gasteiger partial charge in [0, 0.05) is 32.7 Å². The van der Waals surface area contributed by atoms with Gasteiger partial charge in [-0.1, -0.05) is 60.2 Å². The molecule has 2 aromatic rings. The van der Waals surface area contributed by atoms with Crippen LogP contribution in [0.3, 0.4) is 0 Å². The molecule has 0 spiro atoms. The molecule has 0 aromatic heterocycles. The predicted molar refractivity (Wildman–Crippen MR) is 123 cm³/mol. The summed E-state index contributed by atoms with van der Waals surface area (Å²) < 4.78 is 6.11. The topological polar surface area (TPSA) is 45.7 Å². The number of benzene rings is 2. The minimum absolute atomic E-state index is 0. The first-order valence-electron chi connectivity index (χ1n) is 9.43. The van der Waals surface area contributed by atoms with E-state index >= 15 is 0 Å². The number of aliphatic imine (C=N–C) groups is 1. The highest BCUT2D eigenvalue weighted by Crippen LogP contribution is 2.33. The molecule has 5 heteroatoms. The van der Waals surface area contributed by atoms with E-state index in [2.05, 4.69) is 71.1 Å². The number of rotatable bonds is 5. The third kappa shape index (κ3) is 6.50. The Morgan fingerprint density at radius 2 is 1.81 bits per heavy atom. The second kappa shape index (κ2) is 11.3. The molecule has 146 valence electrons. The van der Waals surface area contributed by atoms with E-state index in [0.29, 0.717) is 5.92 Å². The maximum atomic E-state index is 6.11. The minimum Gasteiger partial charge on any atom is -0.373 e. The summed E-state index contributed by atoms with van der Waals surface area (Å²) in [5.74, 6) is 1.28. The molecule has 0 aliphatic carbocycles. The fraction of sp³-hybridized carbons (Fsp3) is 0.409. The first-order chi connectivity index (χ1) is 12.8. The molecule has 1 aliphatic rings. The van der Waals surface area contributed by atoms with Gasteiger partial charge in [0.2, 0.25) is 0 Å². The molecule has 27 heavy (non-hydrogen) atoms. The van der Waals surface area contributed by atoms with Gasteiger partial charge in [-0.25, -0.2) is 0 Å². The monoisotopic (exact) mass is 479 g/mol. The maximum Gasteiger partial charge on any atom is 0.191 e. The van der Waals surface area contributed by atoms with Crippen LogP contribution in [0.2, 0.25) is 0 Å². The molecule has 0 saturated carbocycles. The number of hydrogen-bond donors (Lipinski definition) is 2. The molecular weight excluding hydrogens is 449 g/mol. The van der Waals surface area contributed by atoms with E-state index in [1.807, 2.05) is 13.1 Å². The van der Waals surface area contributed by atoms with Crippen LogP contribution in [0.15, 0.2) is 59.6 Å². The number of hydrogen-bond acceptors (Lipinski definition) is 2. The summed E-state index contributed by atoms with van der Waals surface area (Å²) in [6, 6.07) is 19.1. The van der Waals surface area contributed by atoms with Crippen LogP contribution in [0.5, 0.6) is 0 Å². The number of ether oxygens (including phenoxy) is 1. The Morgan fingerprint density at radius 3 is 2.52 bits per heavy atom. The minimum atomic E-state index is 0. The SMILES string of the molecule is CN=C(NCc1ccccc1)NCC1CCCOC1c1ccc(C)cc1.I. The molecule has 1 aliphatic heterocycles. The quantitative estimate of drug-likeness (QED) is 0.379. The molecule has 1 heterocycles. The fourth-order valence-corrected chi connectivity index (χ4v) is 3.41. The van der Waals surface area contributed by atoms with Gasteiger partial charge in [0.25, 0.3) is 0 Å². The molecule has 0 radical (unpaired) electrons. The molecule has 2 atom stereocenters. The lowest BCUT2D eigenvalue weighted by atomic mass is 9.89. The zero-order valence-corrected chi connectivity index (χ0v) is 18.5. The molecular formula is C22H30IN3O. The van der Waals surface area contributed by atoms with Gasteiger partial charge in [-0.15, -0.1) is 24.0 Å². The lowest BCUT2D eigenvalue weighted by molar-refractivity contribution is -0.0265. The summed E-state index contributed by atoms with van der Waals surface area (Å²) in [6.07, 6.45) is 2.44. The Hall–Kier alpha value is -1.60. The Morgan fingerprint density at radius 1 is 1.07 bits per heavy atom. The molecule has 0 bridgehead atoms. The Bertz CT molecular complexity index is 703. The third-order valence-electron chi connectivity index (χ3n) is 4.91. The van der Waals surface area contributed by atoms with Crippen LogP contribution in [-0.2, 0) is 11.3 Å². The van der Waals surface area contributed by atoms with Crippen molar-refractivity contribution in [1.29, 1.82) is 0 Å². The molecule has 3 rings (SSSR count). The van der Waals surface area contributed by atoms with Gasteiger partial charge >= 0.3 is 0 Å². The molecule has 0 amide bonds. The summed E-state index contributed by atoms with van der Waals surface area (Å²) in [5, 5.41) is 6.86. The molecule has 4 nitrogen and oxygen atoms in total. The van der Waals surface area contributed by atoms with Crippen molar-refractivity contribution in [1.82, 2.24) is 10.6 Å². The first-order valence-corrected chi connectivity index (χ1v) is 9.43. The average molecular weight is 479 g/mol. The van der Waals surface area contributed by atoms with Crippen LogP contribution in [0.25, 0.3) is 0 Å². The predicted octanol–water partition coefficient (Wildman–Crippen LogP) is 4.45. The highest BCUT2D eigenvalue weighted by atomic mass is 127. The number of halogens is 1. The first kappa shape index (κ1) is 21.7. The van der Waals surface area contributed by atoms with Gasteiger partial charge in [0.05, 0.1) is 6.10 Å². The van der Waals surface area contributed by atoms with E-state index in [0.717, 1.165) is 32.1 Å². The second-order valence-corrected chi connectivity index (χ2v) is 6.90. The van der Waals surface area contributed by atoms with Crippen LogP contribution in [0, 0.1) is 12.8 Å². The largest absolute Gasteiger partial charge is 0.373 e. The van der Waals surface area contributed by atoms with E-state index in [1.165, 1.54) is 23.1 Å². The highest BCUT2D eigenvalue weighted by Gasteiger charge is 2.27. The van der Waals surface area contributed by atoms with Crippen molar-refractivity contribution in [3.05, 3.63) is 71.3 Å². The van der Waals surface area contributed by atoms with Crippen LogP contribution in [0.4, 0.5) is 0 Å². The zero-order valence-electron chi connectivity index (χ0n) is 16.2. The molecule has 1 saturated heterocycles. The zero-order chi connectivity index (χ0) is 18.2. The standard InChI is InChI=1S/C22H29N3O.HI/c1-17-10-12-19(13-11-17)21-20(9-6-14-26-21)16-25-22(23-2)24-15-18-7-4-3-5-8-18;/h3-5,7-8,10-13,20-21H,6,9,14-16H2,1-2H3,(H2,23,24,25);1H. The molecule has 2 N–H and O–H groups in total. The summed E-state index contributed by atoms with van der Waals surface area (Å²) >= 11 is 0. The lowest BCUT2D eigenvalue weighted by Gasteiger charge is -2.32. The summed E-state index contributed by atoms with van der Waals surface area (Å²) in [4.78, 5) is 4.35. The molecule has 2 unspecified atom stereocenters. The van der Waals surface area contributed by atoms with Gasteiger partial charge in [-0.2, -0.15) is 0 Å². The number of aryl methyl sites for hydroxylation is 1. The van der Waals surface area contributed by atoms with Crippen molar-refractivity contribution in [2.75, 3.05) is 20.2 Å². The van der Waals surface area contributed by atoms with Gasteiger partial charge in [0.15, 0.2) is 5.96 Å². The van der Waals surface area contributed by atoms with Crippen molar-refractivity contribution in [2.24, 2.45) is 10.9 Å². The van der Waals surface area contributed by atoms with E-state index in [-0.39, 0.29) is 30.1 Å². The van der Waals surface area contributed by atoms with Gasteiger partial charge in [0.1, 0.15) is 0 Å². The van der Waals surface area contributed by atoms with Crippen molar-refractivity contribution in [3.8, 4) is 0 Å². The Labute approximate surface area is 179 Å². The van der Waals surface area contributed by atoms with Gasteiger partial charge in [-0.05, 0) is 30.9 Å². The van der Waals surface area contributed by atoms with Crippen LogP contribution in [-0.4, -0.2) is 26.2 Å². The van der Waals surface area contributed by atoms with E-state index in [9.17, 15) is 0 Å². The van der Waals surface area contributed by atoms with Crippen molar-refractivity contribution in [3.63, 3.8) is 0 Å². The molecule has 1 fully saturated rings. The Kier molecular flexibility index (Phi) is 9.07. The maximum absolute atomic E-state index is 6.11. The van der Waals surface area contributed by atoms with Crippen molar-refractivity contribution in [2.45, 2.75) is 32.4 Å². The van der Waals surface area contributed by atoms with E-state index in [1.54, 1.807) is 0 Å².